The number of rotatable bonds is 8. The van der Waals surface area contributed by atoms with E-state index >= 15 is 0 Å². The van der Waals surface area contributed by atoms with Crippen molar-refractivity contribution in [2.75, 3.05) is 5.32 Å². The van der Waals surface area contributed by atoms with E-state index in [0.717, 1.165) is 14.3 Å². The number of phenols is 1. The minimum Gasteiger partial charge on any atom is -0.508 e. The maximum Gasteiger partial charge on any atom is 0.412 e. The third-order valence-corrected chi connectivity index (χ3v) is 6.24. The van der Waals surface area contributed by atoms with Crippen LogP contribution >= 0.6 is 22.6 Å². The lowest BCUT2D eigenvalue weighted by atomic mass is 9.78. The molecule has 7 nitrogen and oxygen atoms in total. The normalized spacial score (nSPS) is 12.5. The highest BCUT2D eigenvalue weighted by Gasteiger charge is 2.35. The van der Waals surface area contributed by atoms with Gasteiger partial charge in [-0.25, -0.2) is 10.3 Å². The number of nitrogens with one attached hydrogen (secondary N) is 2. The molecule has 3 rings (SSSR count). The molecule has 0 radical (unpaired) electrons. The maximum atomic E-state index is 13.0. The second-order valence-electron chi connectivity index (χ2n) is 8.55. The number of hydrogen-bond donors (Lipinski definition) is 4. The summed E-state index contributed by atoms with van der Waals surface area (Å²) in [6, 6.07) is 18.5. The number of aromatic hydroxyl groups is 1. The van der Waals surface area contributed by atoms with Crippen molar-refractivity contribution in [2.24, 2.45) is 5.41 Å². The molecule has 0 aliphatic heterocycles. The summed E-state index contributed by atoms with van der Waals surface area (Å²) in [6.45, 7) is 3.87. The number of anilines is 1. The lowest BCUT2D eigenvalue weighted by Crippen LogP contribution is -2.29. The molecule has 34 heavy (non-hydrogen) atoms. The summed E-state index contributed by atoms with van der Waals surface area (Å²) in [4.78, 5) is 24.3. The molecule has 2 amide bonds. The van der Waals surface area contributed by atoms with Crippen LogP contribution < -0.4 is 10.8 Å². The summed E-state index contributed by atoms with van der Waals surface area (Å²) in [5.74, 6) is -0.581. The van der Waals surface area contributed by atoms with Crippen molar-refractivity contribution in [2.45, 2.75) is 32.8 Å². The smallest absolute Gasteiger partial charge is 0.412 e. The van der Waals surface area contributed by atoms with Gasteiger partial charge in [-0.1, -0.05) is 56.3 Å². The van der Waals surface area contributed by atoms with Crippen molar-refractivity contribution in [1.82, 2.24) is 5.48 Å². The summed E-state index contributed by atoms with van der Waals surface area (Å²) >= 11 is 2.15. The quantitative estimate of drug-likeness (QED) is 0.109. The van der Waals surface area contributed by atoms with Gasteiger partial charge in [0, 0.05) is 26.0 Å². The summed E-state index contributed by atoms with van der Waals surface area (Å²) in [6.07, 6.45) is 2.51. The van der Waals surface area contributed by atoms with Crippen molar-refractivity contribution in [3.8, 4) is 5.75 Å². The van der Waals surface area contributed by atoms with Gasteiger partial charge in [-0.15, -0.1) is 0 Å². The van der Waals surface area contributed by atoms with Gasteiger partial charge in [0.25, 0.3) is 5.91 Å². The topological polar surface area (TPSA) is 108 Å². The lowest BCUT2D eigenvalue weighted by molar-refractivity contribution is -0.124. The number of fused-ring (bicyclic) bond motifs is 1. The highest BCUT2D eigenvalue weighted by molar-refractivity contribution is 14.1. The van der Waals surface area contributed by atoms with E-state index in [1.54, 1.807) is 29.8 Å². The van der Waals surface area contributed by atoms with Crippen LogP contribution in [0.4, 0.5) is 10.5 Å². The predicted octanol–water partition coefficient (Wildman–Crippen LogP) is 6.31. The molecule has 3 aromatic rings. The standard InChI is InChI=1S/C26H27IN2O5/c1-26(2,15-6-5-12-23(31)29-33)24(20-16-18(27)13-14-22(20)30)34-25(32)28-21-11-7-9-17-8-3-4-10-19(17)21/h3-5,7-14,16,24,30,33H,6,15H2,1-2H3,(H,28,32)(H,29,31)/b12-5+/t24-/m0/s1. The summed E-state index contributed by atoms with van der Waals surface area (Å²) in [7, 11) is 0. The molecule has 0 fully saturated rings. The second kappa shape index (κ2) is 11.3. The fraction of sp³-hybridized carbons (Fsp3) is 0.231. The molecule has 0 heterocycles. The van der Waals surface area contributed by atoms with Crippen molar-refractivity contribution < 1.29 is 24.6 Å². The van der Waals surface area contributed by atoms with Crippen LogP contribution in [0.25, 0.3) is 10.8 Å². The first kappa shape index (κ1) is 25.5. The molecule has 0 spiro atoms. The lowest BCUT2D eigenvalue weighted by Gasteiger charge is -2.34. The van der Waals surface area contributed by atoms with Crippen molar-refractivity contribution in [3.05, 3.63) is 81.9 Å². The van der Waals surface area contributed by atoms with E-state index in [9.17, 15) is 14.7 Å². The average molecular weight is 574 g/mol. The zero-order valence-electron chi connectivity index (χ0n) is 18.9. The fourth-order valence-electron chi connectivity index (χ4n) is 3.77. The third-order valence-electron chi connectivity index (χ3n) is 5.57. The molecule has 0 aliphatic rings. The molecule has 0 saturated carbocycles. The number of hydrogen-bond acceptors (Lipinski definition) is 5. The monoisotopic (exact) mass is 574 g/mol. The zero-order valence-corrected chi connectivity index (χ0v) is 21.1. The van der Waals surface area contributed by atoms with E-state index in [2.05, 4.69) is 27.9 Å². The number of ether oxygens (including phenoxy) is 1. The molecular formula is C26H27IN2O5. The number of carbonyl (C=O) groups is 2. The maximum absolute atomic E-state index is 13.0. The van der Waals surface area contributed by atoms with Crippen molar-refractivity contribution in [1.29, 1.82) is 0 Å². The Morgan fingerprint density at radius 2 is 1.85 bits per heavy atom. The fourth-order valence-corrected chi connectivity index (χ4v) is 4.29. The Labute approximate surface area is 211 Å². The van der Waals surface area contributed by atoms with Crippen LogP contribution in [-0.4, -0.2) is 22.3 Å². The number of phenolic OH excluding ortho intramolecular Hbond substituents is 1. The first-order chi connectivity index (χ1) is 16.2. The molecular weight excluding hydrogens is 547 g/mol. The number of benzene rings is 3. The average Bonchev–Trinajstić information content (AvgIpc) is 2.82. The number of hydroxylamine groups is 1. The molecule has 3 aromatic carbocycles. The minimum atomic E-state index is -0.766. The highest BCUT2D eigenvalue weighted by atomic mass is 127. The van der Waals surface area contributed by atoms with Crippen LogP contribution in [0.5, 0.6) is 5.75 Å². The van der Waals surface area contributed by atoms with Gasteiger partial charge < -0.3 is 9.84 Å². The van der Waals surface area contributed by atoms with E-state index in [1.807, 2.05) is 56.3 Å². The SMILES string of the molecule is CC(C)(CC/C=C/C(=O)NO)[C@@H](OC(=O)Nc1cccc2ccccc12)c1cc(I)ccc1O. The van der Waals surface area contributed by atoms with Gasteiger partial charge in [-0.05, 0) is 65.1 Å². The highest BCUT2D eigenvalue weighted by Crippen LogP contribution is 2.44. The Kier molecular flexibility index (Phi) is 8.51. The Morgan fingerprint density at radius 1 is 1.12 bits per heavy atom. The Hall–Kier alpha value is -3.11. The molecule has 178 valence electrons. The van der Waals surface area contributed by atoms with Crippen molar-refractivity contribution in [3.63, 3.8) is 0 Å². The molecule has 4 N–H and O–H groups in total. The first-order valence-electron chi connectivity index (χ1n) is 10.8. The molecule has 8 heteroatoms. The van der Waals surface area contributed by atoms with Crippen molar-refractivity contribution >= 4 is 51.1 Å². The Bertz CT molecular complexity index is 1200. The number of amides is 2. The Morgan fingerprint density at radius 3 is 2.62 bits per heavy atom. The van der Waals surface area contributed by atoms with Crippen LogP contribution in [0.3, 0.4) is 0 Å². The molecule has 1 atom stereocenters. The largest absolute Gasteiger partial charge is 0.508 e. The van der Waals surface area contributed by atoms with Crippen LogP contribution in [0.1, 0.15) is 38.4 Å². The van der Waals surface area contributed by atoms with Crippen LogP contribution in [0, 0.1) is 8.99 Å². The van der Waals surface area contributed by atoms with Gasteiger partial charge in [-0.2, -0.15) is 0 Å². The second-order valence-corrected chi connectivity index (χ2v) is 9.79. The van der Waals surface area contributed by atoms with Crippen LogP contribution in [0.2, 0.25) is 0 Å². The first-order valence-corrected chi connectivity index (χ1v) is 11.8. The number of allylic oxidation sites excluding steroid dienone is 1. The zero-order chi connectivity index (χ0) is 24.7. The van der Waals surface area contributed by atoms with Gasteiger partial charge in [-0.3, -0.25) is 15.3 Å². The van der Waals surface area contributed by atoms with E-state index in [4.69, 9.17) is 9.94 Å². The summed E-state index contributed by atoms with van der Waals surface area (Å²) in [5, 5.41) is 23.9. The number of carbonyl (C=O) groups excluding carboxylic acids is 2. The molecule has 0 saturated heterocycles. The van der Waals surface area contributed by atoms with Gasteiger partial charge in [0.05, 0.1) is 5.69 Å². The van der Waals surface area contributed by atoms with Crippen LogP contribution in [-0.2, 0) is 9.53 Å². The third kappa shape index (κ3) is 6.48. The Balaban J connectivity index is 1.86. The van der Waals surface area contributed by atoms with E-state index in [-0.39, 0.29) is 5.75 Å². The van der Waals surface area contributed by atoms with Crippen LogP contribution in [0.15, 0.2) is 72.8 Å². The van der Waals surface area contributed by atoms with Gasteiger partial charge in [0.2, 0.25) is 0 Å². The minimum absolute atomic E-state index is 0.0339. The molecule has 0 aliphatic carbocycles. The van der Waals surface area contributed by atoms with Gasteiger partial charge in [0.1, 0.15) is 11.9 Å². The van der Waals surface area contributed by atoms with E-state index in [0.29, 0.717) is 24.1 Å². The van der Waals surface area contributed by atoms with E-state index < -0.39 is 23.5 Å². The van der Waals surface area contributed by atoms with E-state index in [1.165, 1.54) is 6.08 Å². The molecule has 0 unspecified atom stereocenters. The molecule has 0 aromatic heterocycles. The predicted molar refractivity (Wildman–Crippen MR) is 140 cm³/mol. The summed E-state index contributed by atoms with van der Waals surface area (Å²) < 4.78 is 6.82. The summed E-state index contributed by atoms with van der Waals surface area (Å²) in [5.41, 5.74) is 2.08. The molecule has 0 bridgehead atoms. The van der Waals surface area contributed by atoms with Gasteiger partial charge >= 0.3 is 6.09 Å². The van der Waals surface area contributed by atoms with Gasteiger partial charge in [0.15, 0.2) is 0 Å². The number of halogens is 1.